The minimum absolute atomic E-state index is 0. The zero-order chi connectivity index (χ0) is 15.6. The molecular formula is C17H23Cl2N3OS. The van der Waals surface area contributed by atoms with Gasteiger partial charge in [-0.15, -0.1) is 36.2 Å². The van der Waals surface area contributed by atoms with E-state index in [1.54, 1.807) is 6.20 Å². The van der Waals surface area contributed by atoms with Gasteiger partial charge in [-0.2, -0.15) is 0 Å². The zero-order valence-electron chi connectivity index (χ0n) is 13.6. The number of carbonyl (C=O) groups is 1. The molecule has 2 heterocycles. The number of thiazole rings is 1. The first-order valence-corrected chi connectivity index (χ1v) is 8.39. The highest BCUT2D eigenvalue weighted by Crippen LogP contribution is 2.30. The number of nitrogens with two attached hydrogens (primary N) is 1. The summed E-state index contributed by atoms with van der Waals surface area (Å²) in [7, 11) is 0. The van der Waals surface area contributed by atoms with Crippen molar-refractivity contribution in [3.05, 3.63) is 52.0 Å². The normalized spacial score (nSPS) is 19.5. The molecule has 1 unspecified atom stereocenters. The fourth-order valence-corrected chi connectivity index (χ4v) is 3.70. The average Bonchev–Trinajstić information content (AvgIpc) is 3.15. The van der Waals surface area contributed by atoms with Crippen LogP contribution in [0, 0.1) is 5.41 Å². The van der Waals surface area contributed by atoms with Crippen molar-refractivity contribution in [3.8, 4) is 0 Å². The zero-order valence-corrected chi connectivity index (χ0v) is 16.1. The van der Waals surface area contributed by atoms with Crippen LogP contribution in [0.5, 0.6) is 0 Å². The summed E-state index contributed by atoms with van der Waals surface area (Å²) in [6, 6.07) is 10.2. The van der Waals surface area contributed by atoms with Gasteiger partial charge in [0.05, 0.1) is 11.2 Å². The maximum absolute atomic E-state index is 12.6. The predicted octanol–water partition coefficient (Wildman–Crippen LogP) is 3.39. The van der Waals surface area contributed by atoms with Crippen molar-refractivity contribution >= 4 is 42.1 Å². The lowest BCUT2D eigenvalue weighted by Gasteiger charge is -2.22. The van der Waals surface area contributed by atoms with Crippen molar-refractivity contribution in [1.82, 2.24) is 9.88 Å². The van der Waals surface area contributed by atoms with Crippen LogP contribution in [0.15, 0.2) is 36.5 Å². The van der Waals surface area contributed by atoms with E-state index in [-0.39, 0.29) is 36.1 Å². The van der Waals surface area contributed by atoms with Gasteiger partial charge < -0.3 is 10.6 Å². The molecule has 3 rings (SSSR count). The monoisotopic (exact) mass is 387 g/mol. The van der Waals surface area contributed by atoms with E-state index in [0.29, 0.717) is 6.54 Å². The van der Waals surface area contributed by atoms with Gasteiger partial charge in [0.2, 0.25) is 0 Å². The van der Waals surface area contributed by atoms with E-state index in [9.17, 15) is 4.79 Å². The molecule has 1 aromatic carbocycles. The average molecular weight is 388 g/mol. The van der Waals surface area contributed by atoms with Crippen LogP contribution in [-0.4, -0.2) is 35.4 Å². The van der Waals surface area contributed by atoms with Gasteiger partial charge in [0.25, 0.3) is 5.91 Å². The molecule has 2 aromatic rings. The predicted molar refractivity (Wildman–Crippen MR) is 104 cm³/mol. The summed E-state index contributed by atoms with van der Waals surface area (Å²) in [5.41, 5.74) is 7.09. The van der Waals surface area contributed by atoms with Crippen molar-refractivity contribution in [2.75, 3.05) is 19.6 Å². The Morgan fingerprint density at radius 3 is 2.67 bits per heavy atom. The van der Waals surface area contributed by atoms with Crippen LogP contribution in [0.4, 0.5) is 0 Å². The Labute approximate surface area is 159 Å². The number of amides is 1. The van der Waals surface area contributed by atoms with Crippen LogP contribution >= 0.6 is 36.2 Å². The smallest absolute Gasteiger partial charge is 0.265 e. The number of aromatic nitrogens is 1. The summed E-state index contributed by atoms with van der Waals surface area (Å²) < 4.78 is 0. The van der Waals surface area contributed by atoms with Crippen molar-refractivity contribution in [2.24, 2.45) is 11.1 Å². The number of halogens is 2. The molecule has 1 atom stereocenters. The Kier molecular flexibility index (Phi) is 7.67. The van der Waals surface area contributed by atoms with Gasteiger partial charge in [0, 0.05) is 19.5 Å². The molecule has 1 amide bonds. The number of rotatable bonds is 4. The summed E-state index contributed by atoms with van der Waals surface area (Å²) in [6.07, 6.45) is 3.47. The Morgan fingerprint density at radius 2 is 2.04 bits per heavy atom. The van der Waals surface area contributed by atoms with E-state index < -0.39 is 0 Å². The van der Waals surface area contributed by atoms with Gasteiger partial charge in [0.15, 0.2) is 0 Å². The lowest BCUT2D eigenvalue weighted by molar-refractivity contribution is 0.0781. The molecule has 2 N–H and O–H groups in total. The third kappa shape index (κ3) is 4.70. The summed E-state index contributed by atoms with van der Waals surface area (Å²) in [5, 5.41) is 0.982. The minimum Gasteiger partial charge on any atom is -0.337 e. The molecule has 1 saturated heterocycles. The number of likely N-dealkylation sites (tertiary alicyclic amines) is 1. The van der Waals surface area contributed by atoms with E-state index in [4.69, 9.17) is 5.73 Å². The molecule has 0 spiro atoms. The molecule has 1 aliphatic rings. The quantitative estimate of drug-likeness (QED) is 0.874. The van der Waals surface area contributed by atoms with E-state index in [2.05, 4.69) is 24.0 Å². The van der Waals surface area contributed by atoms with Gasteiger partial charge in [-0.3, -0.25) is 4.79 Å². The minimum atomic E-state index is 0. The van der Waals surface area contributed by atoms with Crippen LogP contribution in [0.25, 0.3) is 0 Å². The SMILES string of the molecule is CC1(CN)CCN(C(=O)c2cnc(Cc3ccccc3)s2)C1.Cl.Cl. The molecule has 132 valence electrons. The van der Waals surface area contributed by atoms with Crippen LogP contribution in [-0.2, 0) is 6.42 Å². The van der Waals surface area contributed by atoms with Crippen molar-refractivity contribution < 1.29 is 4.79 Å². The second kappa shape index (κ2) is 8.81. The molecule has 1 fully saturated rings. The molecule has 0 aliphatic carbocycles. The second-order valence-electron chi connectivity index (χ2n) is 6.27. The highest BCUT2D eigenvalue weighted by atomic mass is 35.5. The molecule has 0 saturated carbocycles. The lowest BCUT2D eigenvalue weighted by atomic mass is 9.90. The molecule has 0 radical (unpaired) electrons. The fraction of sp³-hybridized carbons (Fsp3) is 0.412. The number of nitrogens with zero attached hydrogens (tertiary/aromatic N) is 2. The van der Waals surface area contributed by atoms with E-state index >= 15 is 0 Å². The summed E-state index contributed by atoms with van der Waals surface area (Å²) >= 11 is 1.50. The largest absolute Gasteiger partial charge is 0.337 e. The summed E-state index contributed by atoms with van der Waals surface area (Å²) in [6.45, 7) is 4.30. The number of benzene rings is 1. The maximum Gasteiger partial charge on any atom is 0.265 e. The summed E-state index contributed by atoms with van der Waals surface area (Å²) in [4.78, 5) is 19.6. The Balaban J connectivity index is 0.00000144. The first-order valence-electron chi connectivity index (χ1n) is 7.58. The number of hydrogen-bond acceptors (Lipinski definition) is 4. The third-order valence-corrected chi connectivity index (χ3v) is 5.29. The first-order chi connectivity index (χ1) is 10.6. The lowest BCUT2D eigenvalue weighted by Crippen LogP contribution is -2.34. The summed E-state index contributed by atoms with van der Waals surface area (Å²) in [5.74, 6) is 0.0917. The highest BCUT2D eigenvalue weighted by Gasteiger charge is 2.35. The van der Waals surface area contributed by atoms with Gasteiger partial charge in [-0.05, 0) is 23.9 Å². The molecular weight excluding hydrogens is 365 g/mol. The van der Waals surface area contributed by atoms with E-state index in [0.717, 1.165) is 35.8 Å². The fourth-order valence-electron chi connectivity index (χ4n) is 2.78. The molecule has 1 aliphatic heterocycles. The van der Waals surface area contributed by atoms with Crippen LogP contribution < -0.4 is 5.73 Å². The first kappa shape index (κ1) is 20.9. The maximum atomic E-state index is 12.6. The van der Waals surface area contributed by atoms with Crippen LogP contribution in [0.2, 0.25) is 0 Å². The molecule has 7 heteroatoms. The van der Waals surface area contributed by atoms with Gasteiger partial charge in [-0.25, -0.2) is 4.98 Å². The highest BCUT2D eigenvalue weighted by molar-refractivity contribution is 7.13. The van der Waals surface area contributed by atoms with Crippen LogP contribution in [0.3, 0.4) is 0 Å². The topological polar surface area (TPSA) is 59.2 Å². The molecule has 1 aromatic heterocycles. The van der Waals surface area contributed by atoms with Crippen LogP contribution in [0.1, 0.15) is 33.6 Å². The Morgan fingerprint density at radius 1 is 1.33 bits per heavy atom. The van der Waals surface area contributed by atoms with Gasteiger partial charge in [-0.1, -0.05) is 37.3 Å². The second-order valence-corrected chi connectivity index (χ2v) is 7.39. The Hall–Kier alpha value is -1.14. The van der Waals surface area contributed by atoms with Crippen molar-refractivity contribution in [1.29, 1.82) is 0 Å². The van der Waals surface area contributed by atoms with Crippen molar-refractivity contribution in [2.45, 2.75) is 19.8 Å². The molecule has 0 bridgehead atoms. The van der Waals surface area contributed by atoms with Gasteiger partial charge in [0.1, 0.15) is 4.88 Å². The van der Waals surface area contributed by atoms with Gasteiger partial charge >= 0.3 is 0 Å². The third-order valence-electron chi connectivity index (χ3n) is 4.30. The number of hydrogen-bond donors (Lipinski definition) is 1. The van der Waals surface area contributed by atoms with E-state index in [1.165, 1.54) is 16.9 Å². The Bertz CT molecular complexity index is 665. The number of carbonyl (C=O) groups excluding carboxylic acids is 1. The standard InChI is InChI=1S/C17H21N3OS.2ClH/c1-17(11-18)7-8-20(12-17)16(21)14-10-19-15(22-14)9-13-5-3-2-4-6-13;;/h2-6,10H,7-9,11-12,18H2,1H3;2*1H. The molecule has 24 heavy (non-hydrogen) atoms. The van der Waals surface area contributed by atoms with E-state index in [1.807, 2.05) is 23.1 Å². The molecule has 4 nitrogen and oxygen atoms in total. The van der Waals surface area contributed by atoms with Crippen molar-refractivity contribution in [3.63, 3.8) is 0 Å².